The fraction of sp³-hybridized carbons (Fsp3) is 0.150. The van der Waals surface area contributed by atoms with Gasteiger partial charge in [0.05, 0.1) is 19.1 Å². The fourth-order valence-corrected chi connectivity index (χ4v) is 2.79. The first-order chi connectivity index (χ1) is 13.6. The average Bonchev–Trinajstić information content (AvgIpc) is 3.17. The fourth-order valence-electron chi connectivity index (χ4n) is 2.79. The number of hydrogen-bond acceptors (Lipinski definition) is 6. The standard InChI is InChI=1S/C20H17N3O5/c1-26-15-5-2-13(3-6-15)16-9-20(25)23(11-21-16)10-19(24)22-14-4-7-17-18(8-14)28-12-27-17/h2-9,11H,10,12H2,1H3,(H,22,24). The number of ether oxygens (including phenoxy) is 3. The van der Waals surface area contributed by atoms with Gasteiger partial charge in [-0.2, -0.15) is 0 Å². The van der Waals surface area contributed by atoms with E-state index in [2.05, 4.69) is 10.3 Å². The van der Waals surface area contributed by atoms with Gasteiger partial charge in [0.1, 0.15) is 12.3 Å². The lowest BCUT2D eigenvalue weighted by molar-refractivity contribution is -0.116. The molecule has 1 aliphatic rings. The third kappa shape index (κ3) is 3.66. The first-order valence-electron chi connectivity index (χ1n) is 8.53. The molecule has 0 atom stereocenters. The Hall–Kier alpha value is -3.81. The van der Waals surface area contributed by atoms with Crippen LogP contribution in [0.25, 0.3) is 11.3 Å². The van der Waals surface area contributed by atoms with Crippen molar-refractivity contribution >= 4 is 11.6 Å². The van der Waals surface area contributed by atoms with Crippen molar-refractivity contribution in [3.63, 3.8) is 0 Å². The SMILES string of the molecule is COc1ccc(-c2cc(=O)n(CC(=O)Nc3ccc4c(c3)OCO4)cn2)cc1. The highest BCUT2D eigenvalue weighted by atomic mass is 16.7. The number of nitrogens with one attached hydrogen (secondary N) is 1. The summed E-state index contributed by atoms with van der Waals surface area (Å²) in [7, 11) is 1.59. The van der Waals surface area contributed by atoms with E-state index in [1.807, 2.05) is 12.1 Å². The minimum atomic E-state index is -0.347. The van der Waals surface area contributed by atoms with Crippen LogP contribution < -0.4 is 25.1 Å². The molecule has 8 nitrogen and oxygen atoms in total. The highest BCUT2D eigenvalue weighted by molar-refractivity contribution is 5.91. The summed E-state index contributed by atoms with van der Waals surface area (Å²) in [6, 6.07) is 13.7. The van der Waals surface area contributed by atoms with Gasteiger partial charge in [0, 0.05) is 23.4 Å². The normalized spacial score (nSPS) is 11.9. The van der Waals surface area contributed by atoms with Crippen molar-refractivity contribution < 1.29 is 19.0 Å². The highest BCUT2D eigenvalue weighted by Gasteiger charge is 2.14. The number of amides is 1. The van der Waals surface area contributed by atoms with Crippen LogP contribution in [0.1, 0.15) is 0 Å². The van der Waals surface area contributed by atoms with Gasteiger partial charge in [0.2, 0.25) is 12.7 Å². The molecule has 1 aliphatic heterocycles. The molecule has 1 amide bonds. The smallest absolute Gasteiger partial charge is 0.254 e. The zero-order valence-electron chi connectivity index (χ0n) is 15.0. The summed E-state index contributed by atoms with van der Waals surface area (Å²) >= 11 is 0. The zero-order valence-corrected chi connectivity index (χ0v) is 15.0. The second-order valence-electron chi connectivity index (χ2n) is 6.09. The van der Waals surface area contributed by atoms with Crippen molar-refractivity contribution in [2.45, 2.75) is 6.54 Å². The lowest BCUT2D eigenvalue weighted by Gasteiger charge is -2.09. The molecule has 1 aromatic heterocycles. The molecule has 142 valence electrons. The molecule has 0 spiro atoms. The number of nitrogens with zero attached hydrogens (tertiary/aromatic N) is 2. The van der Waals surface area contributed by atoms with Crippen LogP contribution in [-0.2, 0) is 11.3 Å². The van der Waals surface area contributed by atoms with Crippen molar-refractivity contribution in [3.8, 4) is 28.5 Å². The minimum absolute atomic E-state index is 0.150. The van der Waals surface area contributed by atoms with Crippen LogP contribution in [0, 0.1) is 0 Å². The monoisotopic (exact) mass is 379 g/mol. The van der Waals surface area contributed by atoms with Crippen LogP contribution in [0.3, 0.4) is 0 Å². The van der Waals surface area contributed by atoms with Gasteiger partial charge in [-0.05, 0) is 36.4 Å². The van der Waals surface area contributed by atoms with Crippen molar-refractivity contribution in [2.24, 2.45) is 0 Å². The molecular weight excluding hydrogens is 362 g/mol. The van der Waals surface area contributed by atoms with Gasteiger partial charge in [-0.3, -0.25) is 14.2 Å². The van der Waals surface area contributed by atoms with Crippen LogP contribution in [0.15, 0.2) is 59.7 Å². The zero-order chi connectivity index (χ0) is 19.5. The van der Waals surface area contributed by atoms with E-state index in [0.717, 1.165) is 11.3 Å². The predicted octanol–water partition coefficient (Wildman–Crippen LogP) is 2.29. The van der Waals surface area contributed by atoms with Crippen molar-refractivity contribution in [1.82, 2.24) is 9.55 Å². The Kier molecular flexibility index (Phi) is 4.67. The Labute approximate surface area is 160 Å². The number of rotatable bonds is 5. The average molecular weight is 379 g/mol. The van der Waals surface area contributed by atoms with Crippen LogP contribution in [0.4, 0.5) is 5.69 Å². The van der Waals surface area contributed by atoms with E-state index in [1.54, 1.807) is 37.4 Å². The Morgan fingerprint density at radius 3 is 2.68 bits per heavy atom. The summed E-state index contributed by atoms with van der Waals surface area (Å²) in [5, 5.41) is 2.73. The molecule has 0 aliphatic carbocycles. The predicted molar refractivity (Wildman–Crippen MR) is 102 cm³/mol. The quantitative estimate of drug-likeness (QED) is 0.731. The summed E-state index contributed by atoms with van der Waals surface area (Å²) in [5.74, 6) is 1.57. The van der Waals surface area contributed by atoms with Gasteiger partial charge in [-0.15, -0.1) is 0 Å². The van der Waals surface area contributed by atoms with E-state index in [0.29, 0.717) is 22.9 Å². The second-order valence-corrected chi connectivity index (χ2v) is 6.09. The summed E-state index contributed by atoms with van der Waals surface area (Å²) in [6.07, 6.45) is 1.36. The highest BCUT2D eigenvalue weighted by Crippen LogP contribution is 2.34. The van der Waals surface area contributed by atoms with Crippen LogP contribution in [0.2, 0.25) is 0 Å². The number of hydrogen-bond donors (Lipinski definition) is 1. The van der Waals surface area contributed by atoms with Crippen molar-refractivity contribution in [1.29, 1.82) is 0 Å². The van der Waals surface area contributed by atoms with E-state index in [4.69, 9.17) is 14.2 Å². The Bertz CT molecular complexity index is 1080. The summed E-state index contributed by atoms with van der Waals surface area (Å²) in [4.78, 5) is 28.9. The molecule has 4 rings (SSSR count). The number of carbonyl (C=O) groups is 1. The Morgan fingerprint density at radius 1 is 1.14 bits per heavy atom. The molecule has 0 unspecified atom stereocenters. The molecular formula is C20H17N3O5. The van der Waals surface area contributed by atoms with Crippen LogP contribution >= 0.6 is 0 Å². The van der Waals surface area contributed by atoms with Gasteiger partial charge >= 0.3 is 0 Å². The first kappa shape index (κ1) is 17.6. The molecule has 2 heterocycles. The van der Waals surface area contributed by atoms with Crippen molar-refractivity contribution in [3.05, 3.63) is 65.2 Å². The van der Waals surface area contributed by atoms with Gasteiger partial charge in [-0.25, -0.2) is 4.98 Å². The number of fused-ring (bicyclic) bond motifs is 1. The lowest BCUT2D eigenvalue weighted by Crippen LogP contribution is -2.27. The largest absolute Gasteiger partial charge is 0.497 e. The van der Waals surface area contributed by atoms with E-state index < -0.39 is 0 Å². The van der Waals surface area contributed by atoms with E-state index in [9.17, 15) is 9.59 Å². The van der Waals surface area contributed by atoms with Gasteiger partial charge in [0.15, 0.2) is 11.5 Å². The van der Waals surface area contributed by atoms with E-state index in [1.165, 1.54) is 17.0 Å². The van der Waals surface area contributed by atoms with E-state index >= 15 is 0 Å². The number of carbonyl (C=O) groups excluding carboxylic acids is 1. The third-order valence-corrected chi connectivity index (χ3v) is 4.24. The number of methoxy groups -OCH3 is 1. The molecule has 3 aromatic rings. The maximum Gasteiger partial charge on any atom is 0.254 e. The topological polar surface area (TPSA) is 91.7 Å². The first-order valence-corrected chi connectivity index (χ1v) is 8.53. The molecule has 1 N–H and O–H groups in total. The number of anilines is 1. The molecule has 0 fully saturated rings. The molecule has 0 saturated heterocycles. The Morgan fingerprint density at radius 2 is 1.93 bits per heavy atom. The Balaban J connectivity index is 1.45. The van der Waals surface area contributed by atoms with Gasteiger partial charge in [-0.1, -0.05) is 0 Å². The number of aromatic nitrogens is 2. The molecule has 8 heteroatoms. The van der Waals surface area contributed by atoms with E-state index in [-0.39, 0.29) is 24.8 Å². The number of benzene rings is 2. The molecule has 0 radical (unpaired) electrons. The van der Waals surface area contributed by atoms with Crippen LogP contribution in [-0.4, -0.2) is 29.4 Å². The molecule has 2 aromatic carbocycles. The third-order valence-electron chi connectivity index (χ3n) is 4.24. The lowest BCUT2D eigenvalue weighted by atomic mass is 10.1. The minimum Gasteiger partial charge on any atom is -0.497 e. The summed E-state index contributed by atoms with van der Waals surface area (Å²) < 4.78 is 16.9. The van der Waals surface area contributed by atoms with Gasteiger partial charge < -0.3 is 19.5 Å². The second kappa shape index (κ2) is 7.43. The maximum atomic E-state index is 12.4. The molecule has 0 bridgehead atoms. The van der Waals surface area contributed by atoms with Gasteiger partial charge in [0.25, 0.3) is 5.56 Å². The summed E-state index contributed by atoms with van der Waals surface area (Å²) in [6.45, 7) is 0.0114. The maximum absolute atomic E-state index is 12.4. The summed E-state index contributed by atoms with van der Waals surface area (Å²) in [5.41, 5.74) is 1.56. The van der Waals surface area contributed by atoms with Crippen LogP contribution in [0.5, 0.6) is 17.2 Å². The molecule has 0 saturated carbocycles. The molecule has 28 heavy (non-hydrogen) atoms. The van der Waals surface area contributed by atoms with Crippen molar-refractivity contribution in [2.75, 3.05) is 19.2 Å².